The molecule has 96 valence electrons. The van der Waals surface area contributed by atoms with Gasteiger partial charge in [0.05, 0.1) is 6.61 Å². The van der Waals surface area contributed by atoms with Gasteiger partial charge in [-0.3, -0.25) is 0 Å². The number of hydrogen-bond acceptors (Lipinski definition) is 3. The Bertz CT molecular complexity index is 175. The van der Waals surface area contributed by atoms with E-state index in [4.69, 9.17) is 4.74 Å². The van der Waals surface area contributed by atoms with Crippen LogP contribution in [-0.4, -0.2) is 51.3 Å². The van der Waals surface area contributed by atoms with Crippen molar-refractivity contribution in [2.75, 3.05) is 40.4 Å². The Morgan fingerprint density at radius 3 is 2.69 bits per heavy atom. The molecule has 3 heteroatoms. The third kappa shape index (κ3) is 5.28. The molecule has 0 saturated heterocycles. The number of hydrogen-bond donors (Lipinski definition) is 1. The van der Waals surface area contributed by atoms with Gasteiger partial charge in [0.2, 0.25) is 0 Å². The van der Waals surface area contributed by atoms with Crippen molar-refractivity contribution in [3.05, 3.63) is 0 Å². The minimum atomic E-state index is 0.754. The van der Waals surface area contributed by atoms with Gasteiger partial charge in [0.25, 0.3) is 0 Å². The highest BCUT2D eigenvalue weighted by Gasteiger charge is 2.20. The molecule has 0 spiro atoms. The minimum absolute atomic E-state index is 0.754. The van der Waals surface area contributed by atoms with E-state index < -0.39 is 0 Å². The Kier molecular flexibility index (Phi) is 7.01. The van der Waals surface area contributed by atoms with Crippen LogP contribution in [0.1, 0.15) is 32.6 Å². The summed E-state index contributed by atoms with van der Waals surface area (Å²) in [7, 11) is 3.92. The van der Waals surface area contributed by atoms with Gasteiger partial charge in [-0.15, -0.1) is 0 Å². The zero-order chi connectivity index (χ0) is 11.8. The molecule has 1 saturated carbocycles. The van der Waals surface area contributed by atoms with Gasteiger partial charge in [0.15, 0.2) is 0 Å². The number of likely N-dealkylation sites (N-methyl/N-ethyl adjacent to an activating group) is 1. The Labute approximate surface area is 101 Å². The number of nitrogens with zero attached hydrogens (tertiary/aromatic N) is 1. The van der Waals surface area contributed by atoms with Crippen LogP contribution >= 0.6 is 0 Å². The van der Waals surface area contributed by atoms with Gasteiger partial charge < -0.3 is 15.0 Å². The second kappa shape index (κ2) is 8.04. The molecule has 0 radical (unpaired) electrons. The van der Waals surface area contributed by atoms with Gasteiger partial charge >= 0.3 is 0 Å². The summed E-state index contributed by atoms with van der Waals surface area (Å²) in [6.45, 7) is 6.46. The molecule has 1 N–H and O–H groups in total. The van der Waals surface area contributed by atoms with E-state index in [1.165, 1.54) is 25.7 Å². The molecular formula is C13H28N2O. The van der Waals surface area contributed by atoms with E-state index in [0.29, 0.717) is 0 Å². The van der Waals surface area contributed by atoms with Gasteiger partial charge in [-0.05, 0) is 25.8 Å². The van der Waals surface area contributed by atoms with Crippen molar-refractivity contribution < 1.29 is 4.74 Å². The first kappa shape index (κ1) is 13.9. The topological polar surface area (TPSA) is 24.5 Å². The monoisotopic (exact) mass is 228 g/mol. The summed E-state index contributed by atoms with van der Waals surface area (Å²) >= 11 is 0. The van der Waals surface area contributed by atoms with Crippen LogP contribution in [0.25, 0.3) is 0 Å². The van der Waals surface area contributed by atoms with Crippen molar-refractivity contribution in [2.45, 2.75) is 38.6 Å². The second-order valence-electron chi connectivity index (χ2n) is 5.12. The summed E-state index contributed by atoms with van der Waals surface area (Å²) < 4.78 is 5.06. The molecule has 1 fully saturated rings. The molecule has 2 unspecified atom stereocenters. The predicted octanol–water partition coefficient (Wildman–Crippen LogP) is 1.73. The Morgan fingerprint density at radius 2 is 2.00 bits per heavy atom. The van der Waals surface area contributed by atoms with E-state index in [0.717, 1.165) is 38.2 Å². The predicted molar refractivity (Wildman–Crippen MR) is 68.8 cm³/mol. The Balaban J connectivity index is 2.05. The molecule has 0 bridgehead atoms. The van der Waals surface area contributed by atoms with Gasteiger partial charge in [-0.25, -0.2) is 0 Å². The van der Waals surface area contributed by atoms with Crippen LogP contribution in [-0.2, 0) is 4.74 Å². The maximum atomic E-state index is 5.06. The molecule has 0 amide bonds. The van der Waals surface area contributed by atoms with Gasteiger partial charge in [-0.2, -0.15) is 0 Å². The summed E-state index contributed by atoms with van der Waals surface area (Å²) in [6, 6.07) is 0.754. The van der Waals surface area contributed by atoms with E-state index in [-0.39, 0.29) is 0 Å². The summed E-state index contributed by atoms with van der Waals surface area (Å²) in [5, 5.41) is 3.70. The lowest BCUT2D eigenvalue weighted by atomic mass is 9.86. The second-order valence-corrected chi connectivity index (χ2v) is 5.12. The van der Waals surface area contributed by atoms with Gasteiger partial charge in [-0.1, -0.05) is 19.8 Å². The van der Waals surface area contributed by atoms with Crippen LogP contribution in [0.2, 0.25) is 0 Å². The first-order valence-electron chi connectivity index (χ1n) is 6.65. The van der Waals surface area contributed by atoms with E-state index in [1.807, 2.05) is 0 Å². The molecule has 0 aromatic rings. The lowest BCUT2D eigenvalue weighted by Gasteiger charge is -2.30. The molecule has 16 heavy (non-hydrogen) atoms. The first-order valence-corrected chi connectivity index (χ1v) is 6.65. The van der Waals surface area contributed by atoms with Crippen LogP contribution in [0.15, 0.2) is 0 Å². The molecular weight excluding hydrogens is 200 g/mol. The van der Waals surface area contributed by atoms with Gasteiger partial charge in [0, 0.05) is 32.8 Å². The molecule has 1 aliphatic rings. The first-order chi connectivity index (χ1) is 7.74. The largest absolute Gasteiger partial charge is 0.383 e. The molecule has 0 heterocycles. The van der Waals surface area contributed by atoms with Crippen molar-refractivity contribution in [3.8, 4) is 0 Å². The minimum Gasteiger partial charge on any atom is -0.383 e. The standard InChI is InChI=1S/C13H28N2O/c1-12-6-4-5-7-13(12)14-8-9-15(2)10-11-16-3/h12-14H,4-11H2,1-3H3. The fourth-order valence-corrected chi connectivity index (χ4v) is 2.42. The van der Waals surface area contributed by atoms with E-state index in [2.05, 4.69) is 24.2 Å². The van der Waals surface area contributed by atoms with Crippen molar-refractivity contribution in [1.29, 1.82) is 0 Å². The highest BCUT2D eigenvalue weighted by Crippen LogP contribution is 2.23. The Morgan fingerprint density at radius 1 is 1.25 bits per heavy atom. The SMILES string of the molecule is COCCN(C)CCNC1CCCCC1C. The van der Waals surface area contributed by atoms with Crippen LogP contribution < -0.4 is 5.32 Å². The van der Waals surface area contributed by atoms with Crippen LogP contribution in [0.4, 0.5) is 0 Å². The van der Waals surface area contributed by atoms with Crippen molar-refractivity contribution >= 4 is 0 Å². The Hall–Kier alpha value is -0.120. The van der Waals surface area contributed by atoms with Crippen LogP contribution in [0.5, 0.6) is 0 Å². The molecule has 0 aromatic carbocycles. The molecule has 0 aliphatic heterocycles. The molecule has 1 rings (SSSR count). The molecule has 2 atom stereocenters. The summed E-state index contributed by atoms with van der Waals surface area (Å²) in [5.41, 5.74) is 0. The van der Waals surface area contributed by atoms with Crippen molar-refractivity contribution in [3.63, 3.8) is 0 Å². The highest BCUT2D eigenvalue weighted by atomic mass is 16.5. The van der Waals surface area contributed by atoms with Gasteiger partial charge in [0.1, 0.15) is 0 Å². The fourth-order valence-electron chi connectivity index (χ4n) is 2.42. The number of ether oxygens (including phenoxy) is 1. The zero-order valence-electron chi connectivity index (χ0n) is 11.2. The maximum Gasteiger partial charge on any atom is 0.0589 e. The smallest absolute Gasteiger partial charge is 0.0589 e. The van der Waals surface area contributed by atoms with Crippen molar-refractivity contribution in [2.24, 2.45) is 5.92 Å². The third-order valence-corrected chi connectivity index (χ3v) is 3.69. The summed E-state index contributed by atoms with van der Waals surface area (Å²) in [4.78, 5) is 2.32. The lowest BCUT2D eigenvalue weighted by Crippen LogP contribution is -2.41. The van der Waals surface area contributed by atoms with E-state index >= 15 is 0 Å². The summed E-state index contributed by atoms with van der Waals surface area (Å²) in [5.74, 6) is 0.859. The van der Waals surface area contributed by atoms with E-state index in [1.54, 1.807) is 7.11 Å². The normalized spacial score (nSPS) is 26.2. The van der Waals surface area contributed by atoms with E-state index in [9.17, 15) is 0 Å². The maximum absolute atomic E-state index is 5.06. The quantitative estimate of drug-likeness (QED) is 0.718. The number of methoxy groups -OCH3 is 1. The average Bonchev–Trinajstić information content (AvgIpc) is 2.29. The van der Waals surface area contributed by atoms with Crippen LogP contribution in [0.3, 0.4) is 0 Å². The lowest BCUT2D eigenvalue weighted by molar-refractivity contribution is 0.159. The fraction of sp³-hybridized carbons (Fsp3) is 1.00. The highest BCUT2D eigenvalue weighted by molar-refractivity contribution is 4.78. The third-order valence-electron chi connectivity index (χ3n) is 3.69. The average molecular weight is 228 g/mol. The number of rotatable bonds is 7. The zero-order valence-corrected chi connectivity index (χ0v) is 11.2. The van der Waals surface area contributed by atoms with Crippen molar-refractivity contribution in [1.82, 2.24) is 10.2 Å². The summed E-state index contributed by atoms with van der Waals surface area (Å²) in [6.07, 6.45) is 5.59. The van der Waals surface area contributed by atoms with Crippen LogP contribution in [0, 0.1) is 5.92 Å². The molecule has 0 aromatic heterocycles. The molecule has 1 aliphatic carbocycles. The number of nitrogens with one attached hydrogen (secondary N) is 1. The molecule has 3 nitrogen and oxygen atoms in total.